The van der Waals surface area contributed by atoms with Crippen LogP contribution < -0.4 is 4.74 Å². The summed E-state index contributed by atoms with van der Waals surface area (Å²) in [6.07, 6.45) is 3.23. The molecule has 1 unspecified atom stereocenters. The predicted octanol–water partition coefficient (Wildman–Crippen LogP) is 3.06. The van der Waals surface area contributed by atoms with Gasteiger partial charge in [0.1, 0.15) is 5.75 Å². The molecule has 1 aromatic heterocycles. The van der Waals surface area contributed by atoms with Gasteiger partial charge in [-0.25, -0.2) is 8.42 Å². The number of pyridine rings is 1. The largest absolute Gasteiger partial charge is 0.492 e. The molecule has 7 heteroatoms. The van der Waals surface area contributed by atoms with Crippen molar-refractivity contribution >= 4 is 35.7 Å². The van der Waals surface area contributed by atoms with Crippen molar-refractivity contribution in [3.8, 4) is 5.75 Å². The smallest absolute Gasteiger partial charge is 0.233 e. The van der Waals surface area contributed by atoms with Gasteiger partial charge in [0.2, 0.25) is 9.05 Å². The van der Waals surface area contributed by atoms with Gasteiger partial charge >= 0.3 is 0 Å². The van der Waals surface area contributed by atoms with E-state index in [1.807, 2.05) is 13.8 Å². The summed E-state index contributed by atoms with van der Waals surface area (Å²) >= 11 is 3.29. The molecule has 0 N–H and O–H groups in total. The van der Waals surface area contributed by atoms with Crippen molar-refractivity contribution in [3.63, 3.8) is 0 Å². The van der Waals surface area contributed by atoms with Gasteiger partial charge in [0, 0.05) is 27.3 Å². The first-order valence-electron chi connectivity index (χ1n) is 5.43. The van der Waals surface area contributed by atoms with Crippen molar-refractivity contribution < 1.29 is 13.2 Å². The first-order chi connectivity index (χ1) is 8.28. The van der Waals surface area contributed by atoms with E-state index in [0.29, 0.717) is 12.4 Å². The van der Waals surface area contributed by atoms with Crippen molar-refractivity contribution in [1.82, 2.24) is 4.98 Å². The molecule has 0 spiro atoms. The van der Waals surface area contributed by atoms with Crippen LogP contribution in [0.5, 0.6) is 5.75 Å². The Bertz CT molecular complexity index is 493. The first-order valence-corrected chi connectivity index (χ1v) is 8.71. The third kappa shape index (κ3) is 6.02. The molecule has 1 heterocycles. The second-order valence-corrected chi connectivity index (χ2v) is 8.10. The summed E-state index contributed by atoms with van der Waals surface area (Å²) in [5.41, 5.74) is 0. The van der Waals surface area contributed by atoms with Crippen LogP contribution in [0, 0.1) is 11.8 Å². The molecule has 0 fully saturated rings. The summed E-state index contributed by atoms with van der Waals surface area (Å²) in [7, 11) is 1.76. The van der Waals surface area contributed by atoms with E-state index < -0.39 is 9.05 Å². The minimum atomic E-state index is -3.51. The maximum Gasteiger partial charge on any atom is 0.233 e. The molecule has 0 aliphatic rings. The van der Waals surface area contributed by atoms with Crippen LogP contribution in [0.25, 0.3) is 0 Å². The molecule has 0 aromatic carbocycles. The number of halogens is 2. The molecule has 1 aromatic rings. The highest BCUT2D eigenvalue weighted by Gasteiger charge is 2.21. The lowest BCUT2D eigenvalue weighted by Gasteiger charge is -2.19. The maximum absolute atomic E-state index is 11.1. The van der Waals surface area contributed by atoms with Gasteiger partial charge in [-0.2, -0.15) is 0 Å². The van der Waals surface area contributed by atoms with Gasteiger partial charge in [0.25, 0.3) is 0 Å². The number of rotatable bonds is 6. The molecule has 0 saturated carbocycles. The third-order valence-electron chi connectivity index (χ3n) is 2.50. The van der Waals surface area contributed by atoms with E-state index in [0.717, 1.165) is 4.47 Å². The van der Waals surface area contributed by atoms with Gasteiger partial charge < -0.3 is 4.74 Å². The fourth-order valence-electron chi connectivity index (χ4n) is 1.36. The van der Waals surface area contributed by atoms with Crippen molar-refractivity contribution in [2.24, 2.45) is 11.8 Å². The molecule has 0 bridgehead atoms. The Balaban J connectivity index is 2.63. The van der Waals surface area contributed by atoms with E-state index in [9.17, 15) is 8.42 Å². The van der Waals surface area contributed by atoms with E-state index in [1.165, 1.54) is 0 Å². The minimum Gasteiger partial charge on any atom is -0.492 e. The number of nitrogens with zero attached hydrogens (tertiary/aromatic N) is 1. The van der Waals surface area contributed by atoms with Crippen LogP contribution in [0.2, 0.25) is 0 Å². The van der Waals surface area contributed by atoms with Gasteiger partial charge in [-0.3, -0.25) is 4.98 Å². The number of ether oxygens (including phenoxy) is 1. The molecule has 4 nitrogen and oxygen atoms in total. The van der Waals surface area contributed by atoms with Gasteiger partial charge in [-0.15, -0.1) is 0 Å². The van der Waals surface area contributed by atoms with Crippen LogP contribution in [0.4, 0.5) is 0 Å². The maximum atomic E-state index is 11.1. The molecule has 0 radical (unpaired) electrons. The van der Waals surface area contributed by atoms with Crippen molar-refractivity contribution in [1.29, 1.82) is 0 Å². The first kappa shape index (κ1) is 15.7. The molecule has 18 heavy (non-hydrogen) atoms. The summed E-state index contributed by atoms with van der Waals surface area (Å²) in [6.45, 7) is 4.17. The van der Waals surface area contributed by atoms with E-state index in [-0.39, 0.29) is 17.6 Å². The van der Waals surface area contributed by atoms with Crippen molar-refractivity contribution in [3.05, 3.63) is 22.9 Å². The monoisotopic (exact) mass is 355 g/mol. The molecule has 0 amide bonds. The highest BCUT2D eigenvalue weighted by Crippen LogP contribution is 2.20. The lowest BCUT2D eigenvalue weighted by molar-refractivity contribution is 0.224. The Labute approximate surface area is 120 Å². The van der Waals surface area contributed by atoms with E-state index in [2.05, 4.69) is 20.9 Å². The number of hydrogen-bond acceptors (Lipinski definition) is 4. The van der Waals surface area contributed by atoms with Crippen molar-refractivity contribution in [2.75, 3.05) is 12.4 Å². The van der Waals surface area contributed by atoms with Crippen molar-refractivity contribution in [2.45, 2.75) is 13.8 Å². The summed E-state index contributed by atoms with van der Waals surface area (Å²) < 4.78 is 28.6. The van der Waals surface area contributed by atoms with Crippen LogP contribution in [-0.4, -0.2) is 25.8 Å². The Kier molecular flexibility index (Phi) is 5.88. The molecule has 1 atom stereocenters. The molecular weight excluding hydrogens is 342 g/mol. The fraction of sp³-hybridized carbons (Fsp3) is 0.545. The third-order valence-corrected chi connectivity index (χ3v) is 4.14. The Morgan fingerprint density at radius 3 is 2.61 bits per heavy atom. The summed E-state index contributed by atoms with van der Waals surface area (Å²) in [6, 6.07) is 1.78. The van der Waals surface area contributed by atoms with Crippen LogP contribution in [-0.2, 0) is 9.05 Å². The van der Waals surface area contributed by atoms with Crippen LogP contribution in [0.1, 0.15) is 13.8 Å². The zero-order chi connectivity index (χ0) is 13.8. The highest BCUT2D eigenvalue weighted by molar-refractivity contribution is 9.10. The second-order valence-electron chi connectivity index (χ2n) is 4.36. The van der Waals surface area contributed by atoms with E-state index >= 15 is 0 Å². The van der Waals surface area contributed by atoms with E-state index in [4.69, 9.17) is 15.4 Å². The summed E-state index contributed by atoms with van der Waals surface area (Å²) in [5.74, 6) is 0.528. The van der Waals surface area contributed by atoms with Gasteiger partial charge in [0.05, 0.1) is 18.6 Å². The van der Waals surface area contributed by atoms with Crippen LogP contribution in [0.3, 0.4) is 0 Å². The zero-order valence-electron chi connectivity index (χ0n) is 10.1. The molecule has 102 valence electrons. The fourth-order valence-corrected chi connectivity index (χ4v) is 3.19. The van der Waals surface area contributed by atoms with Gasteiger partial charge in [-0.1, -0.05) is 13.8 Å². The Morgan fingerprint density at radius 2 is 2.11 bits per heavy atom. The topological polar surface area (TPSA) is 56.3 Å². The molecule has 0 aliphatic heterocycles. The van der Waals surface area contributed by atoms with Crippen LogP contribution in [0.15, 0.2) is 22.9 Å². The quantitative estimate of drug-likeness (QED) is 0.735. The van der Waals surface area contributed by atoms with Gasteiger partial charge in [-0.05, 0) is 27.9 Å². The minimum absolute atomic E-state index is 0.0896. The lowest BCUT2D eigenvalue weighted by Crippen LogP contribution is -2.24. The zero-order valence-corrected chi connectivity index (χ0v) is 13.3. The Morgan fingerprint density at radius 1 is 1.44 bits per heavy atom. The average Bonchev–Trinajstić information content (AvgIpc) is 2.22. The summed E-state index contributed by atoms with van der Waals surface area (Å²) in [4.78, 5) is 3.97. The predicted molar refractivity (Wildman–Crippen MR) is 75.4 cm³/mol. The number of hydrogen-bond donors (Lipinski definition) is 0. The van der Waals surface area contributed by atoms with Gasteiger partial charge in [0.15, 0.2) is 0 Å². The lowest BCUT2D eigenvalue weighted by atomic mass is 9.99. The molecule has 0 aliphatic carbocycles. The average molecular weight is 357 g/mol. The highest BCUT2D eigenvalue weighted by atomic mass is 79.9. The normalized spacial score (nSPS) is 13.6. The molecule has 0 saturated heterocycles. The molecule has 1 rings (SSSR count). The SMILES string of the molecule is CC(C)C(COc1cncc(Br)c1)CS(=O)(=O)Cl. The summed E-state index contributed by atoms with van der Waals surface area (Å²) in [5, 5.41) is 0. The Hall–Kier alpha value is -0.330. The van der Waals surface area contributed by atoms with Crippen LogP contribution >= 0.6 is 26.6 Å². The standard InChI is InChI=1S/C11H15BrClNO3S/c1-8(2)9(7-18(13,15)16)6-17-11-3-10(12)4-14-5-11/h3-5,8-9H,6-7H2,1-2H3. The van der Waals surface area contributed by atoms with E-state index in [1.54, 1.807) is 18.5 Å². The molecular formula is C11H15BrClNO3S. The number of aromatic nitrogens is 1. The second kappa shape index (κ2) is 6.73.